The van der Waals surface area contributed by atoms with E-state index in [-0.39, 0.29) is 22.3 Å². The van der Waals surface area contributed by atoms with E-state index in [4.69, 9.17) is 11.6 Å². The molecule has 0 saturated heterocycles. The number of hydrogen-bond acceptors (Lipinski definition) is 2. The van der Waals surface area contributed by atoms with Gasteiger partial charge in [-0.15, -0.1) is 0 Å². The van der Waals surface area contributed by atoms with Crippen LogP contribution in [0.5, 0.6) is 0 Å². The van der Waals surface area contributed by atoms with Crippen molar-refractivity contribution in [3.8, 4) is 0 Å². The predicted molar refractivity (Wildman–Crippen MR) is 120 cm³/mol. The van der Waals surface area contributed by atoms with Gasteiger partial charge in [-0.3, -0.25) is 4.79 Å². The van der Waals surface area contributed by atoms with Crippen LogP contribution in [0.3, 0.4) is 0 Å². The van der Waals surface area contributed by atoms with E-state index in [1.165, 1.54) is 6.42 Å². The number of carbonyl (C=O) groups excluding carboxylic acids is 1. The Kier molecular flexibility index (Phi) is 4.52. The molecule has 1 amide bonds. The van der Waals surface area contributed by atoms with Gasteiger partial charge in [0.25, 0.3) is 5.91 Å². The molecule has 4 saturated carbocycles. The van der Waals surface area contributed by atoms with E-state index in [0.29, 0.717) is 22.4 Å². The van der Waals surface area contributed by atoms with Crippen molar-refractivity contribution in [2.75, 3.05) is 0 Å². The minimum Gasteiger partial charge on any atom is -0.386 e. The van der Waals surface area contributed by atoms with Gasteiger partial charge in [-0.1, -0.05) is 31.5 Å². The second-order valence-electron chi connectivity index (χ2n) is 11.3. The molecule has 1 aromatic carbocycles. The number of halogens is 1. The van der Waals surface area contributed by atoms with E-state index in [0.717, 1.165) is 56.9 Å². The van der Waals surface area contributed by atoms with Crippen molar-refractivity contribution in [2.24, 2.45) is 22.7 Å². The van der Waals surface area contributed by atoms with Gasteiger partial charge in [0.15, 0.2) is 0 Å². The average molecular weight is 428 g/mol. The first-order chi connectivity index (χ1) is 14.1. The number of aliphatic hydroxyl groups is 1. The third-order valence-corrected chi connectivity index (χ3v) is 9.91. The van der Waals surface area contributed by atoms with Gasteiger partial charge in [-0.25, -0.2) is 0 Å². The first kappa shape index (κ1) is 20.6. The minimum absolute atomic E-state index is 0.00552. The van der Waals surface area contributed by atoms with Crippen molar-refractivity contribution in [1.82, 2.24) is 5.32 Å². The lowest BCUT2D eigenvalue weighted by atomic mass is 9.42. The third-order valence-electron chi connectivity index (χ3n) is 9.66. The highest BCUT2D eigenvalue weighted by Gasteiger charge is 2.66. The molecule has 4 aliphatic rings. The fourth-order valence-corrected chi connectivity index (χ4v) is 8.56. The topological polar surface area (TPSA) is 49.3 Å². The van der Waals surface area contributed by atoms with Crippen LogP contribution in [0.2, 0.25) is 5.02 Å². The molecule has 2 N–H and O–H groups in total. The zero-order valence-corrected chi connectivity index (χ0v) is 19.0. The van der Waals surface area contributed by atoms with Crippen molar-refractivity contribution in [2.45, 2.75) is 82.8 Å². The number of amides is 1. The Hall–Kier alpha value is -1.32. The SMILES string of the molecule is C=C1C[C@@]23CC[C@H]4[C@@](C)(CCC[C@@]4(C)NC(=O)c4ccc(Cl)cc4)[C@@H]2CC[C@]1(O)C3. The Balaban J connectivity index is 1.43. The summed E-state index contributed by atoms with van der Waals surface area (Å²) in [5, 5.41) is 15.2. The summed E-state index contributed by atoms with van der Waals surface area (Å²) >= 11 is 6.00. The van der Waals surface area contributed by atoms with Gasteiger partial charge in [0.05, 0.1) is 5.60 Å². The molecule has 162 valence electrons. The van der Waals surface area contributed by atoms with Crippen molar-refractivity contribution in [3.05, 3.63) is 47.0 Å². The number of nitrogens with one attached hydrogen (secondary N) is 1. The molecule has 1 spiro atoms. The minimum atomic E-state index is -0.625. The molecular weight excluding hydrogens is 394 g/mol. The van der Waals surface area contributed by atoms with E-state index in [2.05, 4.69) is 25.7 Å². The molecule has 4 heteroatoms. The van der Waals surface area contributed by atoms with Crippen LogP contribution in [0.1, 0.15) is 82.0 Å². The molecule has 4 aliphatic carbocycles. The van der Waals surface area contributed by atoms with Gasteiger partial charge in [0, 0.05) is 16.1 Å². The van der Waals surface area contributed by atoms with Crippen LogP contribution in [0.4, 0.5) is 0 Å². The van der Waals surface area contributed by atoms with Gasteiger partial charge in [0.1, 0.15) is 0 Å². The van der Waals surface area contributed by atoms with E-state index >= 15 is 0 Å². The summed E-state index contributed by atoms with van der Waals surface area (Å²) in [6.45, 7) is 9.03. The van der Waals surface area contributed by atoms with Crippen LogP contribution >= 0.6 is 11.6 Å². The highest BCUT2D eigenvalue weighted by molar-refractivity contribution is 6.30. The maximum Gasteiger partial charge on any atom is 0.251 e. The van der Waals surface area contributed by atoms with E-state index in [1.807, 2.05) is 12.1 Å². The molecule has 3 nitrogen and oxygen atoms in total. The first-order valence-corrected chi connectivity index (χ1v) is 12.0. The Morgan fingerprint density at radius 3 is 2.53 bits per heavy atom. The van der Waals surface area contributed by atoms with Crippen LogP contribution in [-0.2, 0) is 0 Å². The molecule has 0 aliphatic heterocycles. The fourth-order valence-electron chi connectivity index (χ4n) is 8.43. The Morgan fingerprint density at radius 1 is 1.10 bits per heavy atom. The van der Waals surface area contributed by atoms with Gasteiger partial charge in [-0.05, 0) is 111 Å². The lowest BCUT2D eigenvalue weighted by molar-refractivity contribution is -0.148. The first-order valence-electron chi connectivity index (χ1n) is 11.6. The molecule has 0 unspecified atom stereocenters. The quantitative estimate of drug-likeness (QED) is 0.576. The predicted octanol–water partition coefficient (Wildman–Crippen LogP) is 5.91. The average Bonchev–Trinajstić information content (AvgIpc) is 2.85. The largest absolute Gasteiger partial charge is 0.386 e. The molecule has 2 bridgehead atoms. The normalized spacial score (nSPS) is 44.9. The van der Waals surface area contributed by atoms with Crippen molar-refractivity contribution < 1.29 is 9.90 Å². The monoisotopic (exact) mass is 427 g/mol. The van der Waals surface area contributed by atoms with Crippen molar-refractivity contribution in [3.63, 3.8) is 0 Å². The van der Waals surface area contributed by atoms with Crippen LogP contribution < -0.4 is 5.32 Å². The summed E-state index contributed by atoms with van der Waals surface area (Å²) in [6, 6.07) is 7.19. The molecule has 30 heavy (non-hydrogen) atoms. The summed E-state index contributed by atoms with van der Waals surface area (Å²) in [4.78, 5) is 13.1. The Bertz CT molecular complexity index is 897. The summed E-state index contributed by atoms with van der Waals surface area (Å²) in [7, 11) is 0. The molecule has 1 aromatic rings. The maximum absolute atomic E-state index is 13.1. The standard InChI is InChI=1S/C26H34ClNO2/c1-17-15-25-13-9-20-23(2,21(25)10-14-26(17,30)16-25)11-4-12-24(20,3)28-22(29)18-5-7-19(27)8-6-18/h5-8,20-21,30H,1,4,9-16H2,2-3H3,(H,28,29)/t20-,21-,23+,24+,25+,26-/m0/s1. The summed E-state index contributed by atoms with van der Waals surface area (Å²) in [5.41, 5.74) is 1.34. The Labute approximate surface area is 185 Å². The Morgan fingerprint density at radius 2 is 1.80 bits per heavy atom. The smallest absolute Gasteiger partial charge is 0.251 e. The number of carbonyl (C=O) groups is 1. The van der Waals surface area contributed by atoms with Crippen LogP contribution in [-0.4, -0.2) is 22.2 Å². The van der Waals surface area contributed by atoms with Crippen LogP contribution in [0.25, 0.3) is 0 Å². The molecule has 0 radical (unpaired) electrons. The van der Waals surface area contributed by atoms with Gasteiger partial charge < -0.3 is 10.4 Å². The van der Waals surface area contributed by atoms with Crippen molar-refractivity contribution in [1.29, 1.82) is 0 Å². The maximum atomic E-state index is 13.1. The van der Waals surface area contributed by atoms with Crippen molar-refractivity contribution >= 4 is 17.5 Å². The van der Waals surface area contributed by atoms with Crippen LogP contribution in [0.15, 0.2) is 36.4 Å². The second kappa shape index (κ2) is 6.59. The summed E-state index contributed by atoms with van der Waals surface area (Å²) < 4.78 is 0. The van der Waals surface area contributed by atoms with Crippen LogP contribution in [0, 0.1) is 22.7 Å². The number of benzene rings is 1. The summed E-state index contributed by atoms with van der Waals surface area (Å²) in [6.07, 6.45) is 9.49. The van der Waals surface area contributed by atoms with E-state index in [9.17, 15) is 9.90 Å². The van der Waals surface area contributed by atoms with Gasteiger partial charge >= 0.3 is 0 Å². The highest BCUT2D eigenvalue weighted by Crippen LogP contribution is 2.71. The lowest BCUT2D eigenvalue weighted by Gasteiger charge is -2.64. The third kappa shape index (κ3) is 2.84. The molecular formula is C26H34ClNO2. The number of hydrogen-bond donors (Lipinski definition) is 2. The molecule has 0 aromatic heterocycles. The molecule has 4 fully saturated rings. The molecule has 0 heterocycles. The molecule has 5 rings (SSSR count). The zero-order chi connectivity index (χ0) is 21.4. The second-order valence-corrected chi connectivity index (χ2v) is 11.7. The van der Waals surface area contributed by atoms with Gasteiger partial charge in [-0.2, -0.15) is 0 Å². The van der Waals surface area contributed by atoms with Gasteiger partial charge in [0.2, 0.25) is 0 Å². The van der Waals surface area contributed by atoms with E-state index in [1.54, 1.807) is 12.1 Å². The molecule has 6 atom stereocenters. The fraction of sp³-hybridized carbons (Fsp3) is 0.654. The van der Waals surface area contributed by atoms with E-state index < -0.39 is 5.60 Å². The lowest BCUT2D eigenvalue weighted by Crippen LogP contribution is -2.64. The summed E-state index contributed by atoms with van der Waals surface area (Å²) in [5.74, 6) is 1.08. The number of fused-ring (bicyclic) bond motifs is 3. The number of rotatable bonds is 2. The highest BCUT2D eigenvalue weighted by atomic mass is 35.5. The zero-order valence-electron chi connectivity index (χ0n) is 18.3.